The van der Waals surface area contributed by atoms with Crippen LogP contribution in [0.1, 0.15) is 51.9 Å². The molecule has 0 radical (unpaired) electrons. The van der Waals surface area contributed by atoms with Gasteiger partial charge in [-0.15, -0.1) is 0 Å². The first-order valence-electron chi connectivity index (χ1n) is 6.72. The molecule has 0 aromatic carbocycles. The second-order valence-corrected chi connectivity index (χ2v) is 5.47. The fraction of sp³-hybridized carbons (Fsp3) is 0.923. The minimum absolute atomic E-state index is 0.131. The van der Waals surface area contributed by atoms with Crippen LogP contribution < -0.4 is 5.32 Å². The van der Waals surface area contributed by atoms with E-state index in [0.717, 1.165) is 18.8 Å². The van der Waals surface area contributed by atoms with Crippen molar-refractivity contribution in [2.45, 2.75) is 64.0 Å². The summed E-state index contributed by atoms with van der Waals surface area (Å²) in [4.78, 5) is 13.9. The van der Waals surface area contributed by atoms with Gasteiger partial charge in [-0.2, -0.15) is 0 Å². The van der Waals surface area contributed by atoms with Crippen molar-refractivity contribution in [3.63, 3.8) is 0 Å². The molecule has 3 nitrogen and oxygen atoms in total. The number of hydrogen-bond acceptors (Lipinski definition) is 1. The summed E-state index contributed by atoms with van der Waals surface area (Å²) in [6.07, 6.45) is 8.79. The van der Waals surface area contributed by atoms with Crippen molar-refractivity contribution in [2.75, 3.05) is 7.05 Å². The summed E-state index contributed by atoms with van der Waals surface area (Å²) < 4.78 is 0. The lowest BCUT2D eigenvalue weighted by molar-refractivity contribution is 0.180. The highest BCUT2D eigenvalue weighted by atomic mass is 16.2. The van der Waals surface area contributed by atoms with Crippen molar-refractivity contribution in [1.82, 2.24) is 10.2 Å². The van der Waals surface area contributed by atoms with E-state index in [1.165, 1.54) is 32.1 Å². The van der Waals surface area contributed by atoms with Crippen molar-refractivity contribution in [1.29, 1.82) is 0 Å². The molecule has 1 N–H and O–H groups in total. The van der Waals surface area contributed by atoms with Gasteiger partial charge >= 0.3 is 6.03 Å². The van der Waals surface area contributed by atoms with Gasteiger partial charge in [-0.3, -0.25) is 0 Å². The SMILES string of the molecule is CC(C1CC1)N(C)C(=O)NC1CCCCC1. The quantitative estimate of drug-likeness (QED) is 0.785. The maximum atomic E-state index is 12.0. The molecular weight excluding hydrogens is 200 g/mol. The van der Waals surface area contributed by atoms with Gasteiger partial charge in [-0.25, -0.2) is 4.79 Å². The summed E-state index contributed by atoms with van der Waals surface area (Å²) in [5.74, 6) is 0.752. The Balaban J connectivity index is 1.76. The smallest absolute Gasteiger partial charge is 0.317 e. The average Bonchev–Trinajstić information content (AvgIpc) is 3.12. The van der Waals surface area contributed by atoms with Crippen LogP contribution in [0.2, 0.25) is 0 Å². The van der Waals surface area contributed by atoms with Crippen LogP contribution >= 0.6 is 0 Å². The minimum atomic E-state index is 0.131. The molecule has 1 unspecified atom stereocenters. The number of hydrogen-bond donors (Lipinski definition) is 1. The number of nitrogens with one attached hydrogen (secondary N) is 1. The van der Waals surface area contributed by atoms with Gasteiger partial charge in [0.15, 0.2) is 0 Å². The summed E-state index contributed by atoms with van der Waals surface area (Å²) in [5, 5.41) is 3.17. The first-order valence-corrected chi connectivity index (χ1v) is 6.72. The zero-order valence-electron chi connectivity index (χ0n) is 10.5. The monoisotopic (exact) mass is 224 g/mol. The first kappa shape index (κ1) is 11.7. The molecule has 0 aromatic heterocycles. The van der Waals surface area contributed by atoms with Gasteiger partial charge in [0.05, 0.1) is 0 Å². The lowest BCUT2D eigenvalue weighted by Crippen LogP contribution is -2.47. The van der Waals surface area contributed by atoms with Crippen LogP contribution in [0.25, 0.3) is 0 Å². The molecule has 2 rings (SSSR count). The molecule has 2 fully saturated rings. The van der Waals surface area contributed by atoms with Gasteiger partial charge in [0.2, 0.25) is 0 Å². The number of rotatable bonds is 3. The summed E-state index contributed by atoms with van der Waals surface area (Å²) >= 11 is 0. The number of carbonyl (C=O) groups excluding carboxylic acids is 1. The fourth-order valence-corrected chi connectivity index (χ4v) is 2.60. The maximum Gasteiger partial charge on any atom is 0.317 e. The van der Waals surface area contributed by atoms with Gasteiger partial charge in [0, 0.05) is 19.1 Å². The topological polar surface area (TPSA) is 32.3 Å². The molecule has 1 atom stereocenters. The number of amides is 2. The Hall–Kier alpha value is -0.730. The molecule has 0 saturated heterocycles. The molecule has 2 aliphatic rings. The van der Waals surface area contributed by atoms with E-state index < -0.39 is 0 Å². The van der Waals surface area contributed by atoms with E-state index in [9.17, 15) is 4.79 Å². The van der Waals surface area contributed by atoms with Crippen molar-refractivity contribution < 1.29 is 4.79 Å². The van der Waals surface area contributed by atoms with Gasteiger partial charge in [0.1, 0.15) is 0 Å². The Morgan fingerprint density at radius 3 is 2.38 bits per heavy atom. The molecule has 0 spiro atoms. The van der Waals surface area contributed by atoms with Crippen LogP contribution in [0.3, 0.4) is 0 Å². The highest BCUT2D eigenvalue weighted by molar-refractivity contribution is 5.74. The van der Waals surface area contributed by atoms with Gasteiger partial charge < -0.3 is 10.2 Å². The normalized spacial score (nSPS) is 23.9. The van der Waals surface area contributed by atoms with Crippen LogP contribution in [0.4, 0.5) is 4.79 Å². The third kappa shape index (κ3) is 2.89. The molecule has 16 heavy (non-hydrogen) atoms. The minimum Gasteiger partial charge on any atom is -0.335 e. The summed E-state index contributed by atoms with van der Waals surface area (Å²) in [6, 6.07) is 0.963. The van der Waals surface area contributed by atoms with Crippen molar-refractivity contribution >= 4 is 6.03 Å². The average molecular weight is 224 g/mol. The van der Waals surface area contributed by atoms with Gasteiger partial charge in [-0.05, 0) is 38.5 Å². The Morgan fingerprint density at radius 2 is 1.81 bits per heavy atom. The second kappa shape index (κ2) is 5.07. The number of nitrogens with zero attached hydrogens (tertiary/aromatic N) is 1. The van der Waals surface area contributed by atoms with E-state index >= 15 is 0 Å². The molecule has 0 aromatic rings. The van der Waals surface area contributed by atoms with Gasteiger partial charge in [0.25, 0.3) is 0 Å². The number of urea groups is 1. The van der Waals surface area contributed by atoms with Crippen LogP contribution in [-0.2, 0) is 0 Å². The standard InChI is InChI=1S/C13H24N2O/c1-10(11-8-9-11)15(2)13(16)14-12-6-4-3-5-7-12/h10-12H,3-9H2,1-2H3,(H,14,16). The predicted octanol–water partition coefficient (Wildman–Crippen LogP) is 2.76. The molecule has 0 heterocycles. The maximum absolute atomic E-state index is 12.0. The zero-order chi connectivity index (χ0) is 11.5. The Kier molecular flexibility index (Phi) is 3.72. The molecular formula is C13H24N2O. The number of carbonyl (C=O) groups is 1. The summed E-state index contributed by atoms with van der Waals surface area (Å²) in [5.41, 5.74) is 0. The first-order chi connectivity index (χ1) is 7.68. The van der Waals surface area contributed by atoms with Crippen LogP contribution in [0.15, 0.2) is 0 Å². The molecule has 3 heteroatoms. The predicted molar refractivity (Wildman–Crippen MR) is 65.4 cm³/mol. The van der Waals surface area contributed by atoms with Crippen LogP contribution in [0, 0.1) is 5.92 Å². The lowest BCUT2D eigenvalue weighted by atomic mass is 9.96. The van der Waals surface area contributed by atoms with E-state index in [2.05, 4.69) is 12.2 Å². The lowest BCUT2D eigenvalue weighted by Gasteiger charge is -2.29. The Morgan fingerprint density at radius 1 is 1.19 bits per heavy atom. The van der Waals surface area contributed by atoms with E-state index in [0.29, 0.717) is 12.1 Å². The third-order valence-electron chi connectivity index (χ3n) is 4.17. The highest BCUT2D eigenvalue weighted by Crippen LogP contribution is 2.34. The van der Waals surface area contributed by atoms with Crippen LogP contribution in [-0.4, -0.2) is 30.1 Å². The summed E-state index contributed by atoms with van der Waals surface area (Å²) in [7, 11) is 1.93. The zero-order valence-corrected chi connectivity index (χ0v) is 10.5. The second-order valence-electron chi connectivity index (χ2n) is 5.47. The molecule has 2 saturated carbocycles. The van der Waals surface area contributed by atoms with Crippen molar-refractivity contribution in [3.05, 3.63) is 0 Å². The van der Waals surface area contributed by atoms with E-state index in [-0.39, 0.29) is 6.03 Å². The largest absolute Gasteiger partial charge is 0.335 e. The molecule has 2 aliphatic carbocycles. The molecule has 2 amide bonds. The molecule has 0 aliphatic heterocycles. The molecule has 92 valence electrons. The van der Waals surface area contributed by atoms with Crippen molar-refractivity contribution in [2.24, 2.45) is 5.92 Å². The van der Waals surface area contributed by atoms with E-state index in [1.54, 1.807) is 0 Å². The molecule has 0 bridgehead atoms. The van der Waals surface area contributed by atoms with Crippen LogP contribution in [0.5, 0.6) is 0 Å². The third-order valence-corrected chi connectivity index (χ3v) is 4.17. The fourth-order valence-electron chi connectivity index (χ4n) is 2.60. The highest BCUT2D eigenvalue weighted by Gasteiger charge is 2.32. The van der Waals surface area contributed by atoms with Gasteiger partial charge in [-0.1, -0.05) is 19.3 Å². The van der Waals surface area contributed by atoms with Crippen molar-refractivity contribution in [3.8, 4) is 0 Å². The van der Waals surface area contributed by atoms with E-state index in [4.69, 9.17) is 0 Å². The Bertz CT molecular complexity index is 244. The Labute approximate surface area is 98.6 Å². The summed E-state index contributed by atoms with van der Waals surface area (Å²) in [6.45, 7) is 2.16. The van der Waals surface area contributed by atoms with E-state index in [1.807, 2.05) is 11.9 Å².